The number of pyridine rings is 2. The van der Waals surface area contributed by atoms with E-state index in [2.05, 4.69) is 67.2 Å². The third-order valence-corrected chi connectivity index (χ3v) is 7.98. The molecular formula is C28H35N7O. The first-order valence-electron chi connectivity index (χ1n) is 13.2. The maximum absolute atomic E-state index is 13.4. The van der Waals surface area contributed by atoms with Crippen LogP contribution in [0, 0.1) is 5.92 Å². The van der Waals surface area contributed by atoms with Gasteiger partial charge in [-0.15, -0.1) is 0 Å². The maximum atomic E-state index is 13.4. The van der Waals surface area contributed by atoms with E-state index in [0.717, 1.165) is 75.6 Å². The number of piperidine rings is 2. The zero-order valence-electron chi connectivity index (χ0n) is 21.0. The number of anilines is 2. The van der Waals surface area contributed by atoms with Crippen LogP contribution in [0.15, 0.2) is 61.2 Å². The fraction of sp³-hybridized carbons (Fsp3) is 0.464. The zero-order chi connectivity index (χ0) is 24.5. The first-order chi connectivity index (χ1) is 17.7. The van der Waals surface area contributed by atoms with Gasteiger partial charge in [0, 0.05) is 63.4 Å². The van der Waals surface area contributed by atoms with Crippen molar-refractivity contribution < 1.29 is 4.79 Å². The molecule has 1 atom stereocenters. The fourth-order valence-corrected chi connectivity index (χ4v) is 6.07. The van der Waals surface area contributed by atoms with Crippen molar-refractivity contribution in [2.45, 2.75) is 44.4 Å². The minimum absolute atomic E-state index is 0.0303. The lowest BCUT2D eigenvalue weighted by molar-refractivity contribution is -0.138. The van der Waals surface area contributed by atoms with E-state index in [-0.39, 0.29) is 12.1 Å². The van der Waals surface area contributed by atoms with Crippen LogP contribution in [-0.4, -0.2) is 62.5 Å². The molecule has 0 saturated carbocycles. The van der Waals surface area contributed by atoms with Crippen molar-refractivity contribution in [1.82, 2.24) is 24.3 Å². The van der Waals surface area contributed by atoms with Crippen molar-refractivity contribution in [2.75, 3.05) is 36.4 Å². The number of carbonyl (C=O) groups excluding carboxylic acids is 1. The van der Waals surface area contributed by atoms with Crippen LogP contribution >= 0.6 is 0 Å². The molecule has 6 heterocycles. The summed E-state index contributed by atoms with van der Waals surface area (Å²) < 4.78 is 2.10. The topological polar surface area (TPSA) is 69.5 Å². The second-order valence-electron chi connectivity index (χ2n) is 10.4. The number of fused-ring (bicyclic) bond motifs is 1. The monoisotopic (exact) mass is 485 g/mol. The number of rotatable bonds is 5. The highest BCUT2D eigenvalue weighted by molar-refractivity contribution is 5.79. The largest absolute Gasteiger partial charge is 0.357 e. The zero-order valence-corrected chi connectivity index (χ0v) is 21.0. The van der Waals surface area contributed by atoms with Crippen LogP contribution in [0.5, 0.6) is 0 Å². The Hall–Kier alpha value is -3.39. The van der Waals surface area contributed by atoms with Gasteiger partial charge in [0.15, 0.2) is 5.82 Å². The molecule has 0 spiro atoms. The number of aryl methyl sites for hydroxylation is 1. The summed E-state index contributed by atoms with van der Waals surface area (Å²) in [5, 5.41) is 3.62. The smallest absolute Gasteiger partial charge is 0.225 e. The van der Waals surface area contributed by atoms with Crippen molar-refractivity contribution in [3.63, 3.8) is 0 Å². The van der Waals surface area contributed by atoms with Crippen LogP contribution in [-0.2, 0) is 18.4 Å². The molecule has 2 fully saturated rings. The molecule has 36 heavy (non-hydrogen) atoms. The number of hydrogen-bond acceptors (Lipinski definition) is 6. The van der Waals surface area contributed by atoms with Crippen LogP contribution in [0.25, 0.3) is 0 Å². The number of nitrogens with zero attached hydrogens (tertiary/aromatic N) is 6. The van der Waals surface area contributed by atoms with Crippen LogP contribution in [0.1, 0.15) is 43.1 Å². The molecular weight excluding hydrogens is 450 g/mol. The molecule has 0 radical (unpaired) electrons. The molecule has 3 aliphatic rings. The quantitative estimate of drug-likeness (QED) is 0.595. The predicted molar refractivity (Wildman–Crippen MR) is 140 cm³/mol. The number of aromatic nitrogens is 3. The van der Waals surface area contributed by atoms with Gasteiger partial charge in [-0.1, -0.05) is 6.07 Å². The third-order valence-electron chi connectivity index (χ3n) is 7.98. The lowest BCUT2D eigenvalue weighted by Crippen LogP contribution is -2.50. The van der Waals surface area contributed by atoms with Crippen molar-refractivity contribution >= 4 is 17.4 Å². The summed E-state index contributed by atoms with van der Waals surface area (Å²) in [5.74, 6) is 1.50. The molecule has 0 aliphatic carbocycles. The first-order valence-corrected chi connectivity index (χ1v) is 13.2. The Morgan fingerprint density at radius 2 is 1.78 bits per heavy atom. The summed E-state index contributed by atoms with van der Waals surface area (Å²) >= 11 is 0. The number of amides is 1. The molecule has 0 aromatic carbocycles. The standard InChI is InChI=1S/C28H35N7O/c1-32-14-7-21(19-32)20-33-15-8-22(9-16-33)28(36)34-17-10-23(11-18-34)35-26-25(6-4-13-30-26)31-27(35)24-5-2-3-12-29-24/h2-7,12-14,19,22-23,27,31H,8-11,15-18,20H2,1H3. The fourth-order valence-electron chi connectivity index (χ4n) is 6.07. The van der Waals surface area contributed by atoms with Gasteiger partial charge in [-0.2, -0.15) is 0 Å². The Labute approximate surface area is 212 Å². The Morgan fingerprint density at radius 3 is 2.50 bits per heavy atom. The van der Waals surface area contributed by atoms with E-state index in [1.807, 2.05) is 30.6 Å². The Bertz CT molecular complexity index is 1180. The normalized spacial score (nSPS) is 21.4. The van der Waals surface area contributed by atoms with E-state index in [4.69, 9.17) is 4.98 Å². The highest BCUT2D eigenvalue weighted by Crippen LogP contribution is 2.42. The average Bonchev–Trinajstić information content (AvgIpc) is 3.52. The second-order valence-corrected chi connectivity index (χ2v) is 10.4. The van der Waals surface area contributed by atoms with Gasteiger partial charge >= 0.3 is 0 Å². The lowest BCUT2D eigenvalue weighted by Gasteiger charge is -2.41. The number of carbonyl (C=O) groups is 1. The van der Waals surface area contributed by atoms with Gasteiger partial charge in [0.1, 0.15) is 6.17 Å². The van der Waals surface area contributed by atoms with Gasteiger partial charge < -0.3 is 19.7 Å². The number of nitrogens with one attached hydrogen (secondary N) is 1. The van der Waals surface area contributed by atoms with Crippen molar-refractivity contribution in [3.8, 4) is 0 Å². The van der Waals surface area contributed by atoms with E-state index in [1.165, 1.54) is 5.56 Å². The van der Waals surface area contributed by atoms with Crippen LogP contribution in [0.3, 0.4) is 0 Å². The first kappa shape index (κ1) is 23.0. The molecule has 8 heteroatoms. The van der Waals surface area contributed by atoms with E-state index in [1.54, 1.807) is 0 Å². The molecule has 0 bridgehead atoms. The van der Waals surface area contributed by atoms with Gasteiger partial charge in [-0.25, -0.2) is 4.98 Å². The Kier molecular flexibility index (Phi) is 6.35. The number of hydrogen-bond donors (Lipinski definition) is 1. The summed E-state index contributed by atoms with van der Waals surface area (Å²) in [5.41, 5.74) is 3.39. The molecule has 3 aromatic rings. The van der Waals surface area contributed by atoms with E-state index >= 15 is 0 Å². The molecule has 3 aromatic heterocycles. The van der Waals surface area contributed by atoms with Gasteiger partial charge in [0.25, 0.3) is 0 Å². The molecule has 1 unspecified atom stereocenters. The molecule has 6 rings (SSSR count). The Morgan fingerprint density at radius 1 is 0.972 bits per heavy atom. The van der Waals surface area contributed by atoms with Crippen LogP contribution in [0.2, 0.25) is 0 Å². The molecule has 8 nitrogen and oxygen atoms in total. The average molecular weight is 486 g/mol. The summed E-state index contributed by atoms with van der Waals surface area (Å²) in [4.78, 5) is 29.7. The predicted octanol–water partition coefficient (Wildman–Crippen LogP) is 3.65. The van der Waals surface area contributed by atoms with Crippen molar-refractivity contribution in [3.05, 3.63) is 72.4 Å². The minimum Gasteiger partial charge on any atom is -0.357 e. The molecule has 188 valence electrons. The summed E-state index contributed by atoms with van der Waals surface area (Å²) in [7, 11) is 2.06. The van der Waals surface area contributed by atoms with Crippen molar-refractivity contribution in [2.24, 2.45) is 13.0 Å². The summed E-state index contributed by atoms with van der Waals surface area (Å²) in [6.07, 6.45) is 11.8. The van der Waals surface area contributed by atoms with Gasteiger partial charge in [0.05, 0.1) is 11.4 Å². The molecule has 1 N–H and O–H groups in total. The molecule has 1 amide bonds. The Balaban J connectivity index is 1.06. The van der Waals surface area contributed by atoms with E-state index < -0.39 is 0 Å². The third kappa shape index (κ3) is 4.57. The van der Waals surface area contributed by atoms with Crippen molar-refractivity contribution in [1.29, 1.82) is 0 Å². The number of likely N-dealkylation sites (tertiary alicyclic amines) is 2. The van der Waals surface area contributed by atoms with E-state index in [0.29, 0.717) is 11.9 Å². The SMILES string of the molecule is Cn1ccc(CN2CCC(C(=O)N3CCC(N4c5ncccc5NC4c4ccccn4)CC3)CC2)c1. The summed E-state index contributed by atoms with van der Waals surface area (Å²) in [6.45, 7) is 4.58. The summed E-state index contributed by atoms with van der Waals surface area (Å²) in [6, 6.07) is 12.6. The van der Waals surface area contributed by atoms with Crippen LogP contribution < -0.4 is 10.2 Å². The highest BCUT2D eigenvalue weighted by atomic mass is 16.2. The van der Waals surface area contributed by atoms with Crippen LogP contribution in [0.4, 0.5) is 11.5 Å². The maximum Gasteiger partial charge on any atom is 0.225 e. The van der Waals surface area contributed by atoms with Gasteiger partial charge in [-0.05, 0) is 74.7 Å². The minimum atomic E-state index is -0.0303. The second kappa shape index (κ2) is 9.93. The van der Waals surface area contributed by atoms with Gasteiger partial charge in [-0.3, -0.25) is 14.7 Å². The highest BCUT2D eigenvalue weighted by Gasteiger charge is 2.39. The van der Waals surface area contributed by atoms with E-state index in [9.17, 15) is 4.79 Å². The molecule has 2 saturated heterocycles. The lowest BCUT2D eigenvalue weighted by atomic mass is 9.93. The molecule has 3 aliphatic heterocycles. The van der Waals surface area contributed by atoms with Gasteiger partial charge in [0.2, 0.25) is 5.91 Å².